The number of likely N-dealkylation sites (tertiary alicyclic amines) is 1. The van der Waals surface area contributed by atoms with Crippen molar-refractivity contribution in [2.24, 2.45) is 0 Å². The normalized spacial score (nSPS) is 16.1. The topological polar surface area (TPSA) is 68.4 Å². The van der Waals surface area contributed by atoms with E-state index in [0.29, 0.717) is 31.5 Å². The minimum Gasteiger partial charge on any atom is -0.367 e. The second kappa shape index (κ2) is 11.6. The summed E-state index contributed by atoms with van der Waals surface area (Å²) in [6.07, 6.45) is 1.70. The summed E-state index contributed by atoms with van der Waals surface area (Å²) in [4.78, 5) is 33.6. The Labute approximate surface area is 248 Å². The highest BCUT2D eigenvalue weighted by Gasteiger charge is 2.31. The average molecular weight is 587 g/mol. The Morgan fingerprint density at radius 3 is 2.30 bits per heavy atom. The van der Waals surface area contributed by atoms with Crippen LogP contribution in [0.4, 0.5) is 18.9 Å². The Bertz CT molecular complexity index is 1670. The van der Waals surface area contributed by atoms with Crippen LogP contribution in [0.5, 0.6) is 0 Å². The number of aromatic nitrogens is 1. The van der Waals surface area contributed by atoms with Crippen molar-refractivity contribution in [1.29, 1.82) is 0 Å². The fourth-order valence-electron chi connectivity index (χ4n) is 6.04. The van der Waals surface area contributed by atoms with Gasteiger partial charge in [-0.05, 0) is 79.9 Å². The molecule has 1 fully saturated rings. The van der Waals surface area contributed by atoms with Gasteiger partial charge < -0.3 is 20.1 Å². The molecule has 222 valence electrons. The predicted molar refractivity (Wildman–Crippen MR) is 162 cm³/mol. The zero-order valence-corrected chi connectivity index (χ0v) is 23.9. The number of carbonyl (C=O) groups excluding carboxylic acids is 2. The van der Waals surface area contributed by atoms with E-state index in [1.807, 2.05) is 31.2 Å². The smallest absolute Gasteiger partial charge is 0.367 e. The van der Waals surface area contributed by atoms with E-state index < -0.39 is 11.7 Å². The molecular formula is C34H33F3N4O2. The van der Waals surface area contributed by atoms with Gasteiger partial charge in [0.05, 0.1) is 5.56 Å². The summed E-state index contributed by atoms with van der Waals surface area (Å²) >= 11 is 0. The van der Waals surface area contributed by atoms with E-state index in [4.69, 9.17) is 0 Å². The van der Waals surface area contributed by atoms with E-state index in [1.54, 1.807) is 4.90 Å². The number of allylic oxidation sites excluding steroid dienone is 1. The van der Waals surface area contributed by atoms with Gasteiger partial charge in [0.15, 0.2) is 0 Å². The molecule has 2 aliphatic heterocycles. The van der Waals surface area contributed by atoms with Crippen molar-refractivity contribution >= 4 is 34.5 Å². The van der Waals surface area contributed by atoms with E-state index in [-0.39, 0.29) is 23.4 Å². The van der Waals surface area contributed by atoms with Crippen molar-refractivity contribution in [1.82, 2.24) is 15.2 Å². The zero-order valence-electron chi connectivity index (χ0n) is 23.9. The number of H-pyrrole nitrogens is 1. The third-order valence-corrected chi connectivity index (χ3v) is 8.43. The Kier molecular flexibility index (Phi) is 7.73. The highest BCUT2D eigenvalue weighted by atomic mass is 19.4. The fraction of sp³-hybridized carbons (Fsp3) is 0.294. The minimum atomic E-state index is -4.44. The number of amides is 2. The summed E-state index contributed by atoms with van der Waals surface area (Å²) < 4.78 is 38.6. The van der Waals surface area contributed by atoms with Crippen LogP contribution in [0.15, 0.2) is 72.8 Å². The average Bonchev–Trinajstić information content (AvgIpc) is 3.38. The van der Waals surface area contributed by atoms with Gasteiger partial charge in [-0.2, -0.15) is 13.2 Å². The molecule has 0 unspecified atom stereocenters. The molecule has 43 heavy (non-hydrogen) atoms. The van der Waals surface area contributed by atoms with E-state index in [1.165, 1.54) is 34.6 Å². The van der Waals surface area contributed by atoms with Gasteiger partial charge in [0.1, 0.15) is 0 Å². The van der Waals surface area contributed by atoms with Gasteiger partial charge in [-0.1, -0.05) is 24.3 Å². The SMILES string of the molecule is C/C=C/c1ccc(N2CCc3[nH]c4ccc(C(=O)NC5CCN(C(=O)c6ccc(C(F)(F)F)cc6)CC5)cc4c3C2)cc1. The third-order valence-electron chi connectivity index (χ3n) is 8.43. The van der Waals surface area contributed by atoms with E-state index >= 15 is 0 Å². The molecule has 2 amide bonds. The summed E-state index contributed by atoms with van der Waals surface area (Å²) in [6, 6.07) is 18.5. The van der Waals surface area contributed by atoms with Crippen LogP contribution in [0.25, 0.3) is 17.0 Å². The fourth-order valence-corrected chi connectivity index (χ4v) is 6.04. The van der Waals surface area contributed by atoms with Gasteiger partial charge in [0.2, 0.25) is 0 Å². The van der Waals surface area contributed by atoms with E-state index in [2.05, 4.69) is 45.5 Å². The first-order valence-electron chi connectivity index (χ1n) is 14.6. The molecule has 6 rings (SSSR count). The molecule has 0 spiro atoms. The maximum Gasteiger partial charge on any atom is 0.416 e. The number of fused-ring (bicyclic) bond motifs is 3. The molecule has 1 aromatic heterocycles. The number of benzene rings is 3. The lowest BCUT2D eigenvalue weighted by Crippen LogP contribution is -2.46. The highest BCUT2D eigenvalue weighted by Crippen LogP contribution is 2.32. The Morgan fingerprint density at radius 2 is 1.63 bits per heavy atom. The van der Waals surface area contributed by atoms with Gasteiger partial charge in [-0.15, -0.1) is 0 Å². The maximum atomic E-state index is 13.3. The molecule has 6 nitrogen and oxygen atoms in total. The van der Waals surface area contributed by atoms with Crippen LogP contribution < -0.4 is 10.2 Å². The third kappa shape index (κ3) is 6.02. The molecule has 0 aliphatic carbocycles. The Balaban J connectivity index is 1.09. The molecule has 2 aliphatic rings. The molecule has 0 bridgehead atoms. The molecule has 2 N–H and O–H groups in total. The van der Waals surface area contributed by atoms with E-state index in [9.17, 15) is 22.8 Å². The van der Waals surface area contributed by atoms with Crippen molar-refractivity contribution in [3.8, 4) is 0 Å². The van der Waals surface area contributed by atoms with Crippen LogP contribution in [0.1, 0.15) is 62.9 Å². The minimum absolute atomic E-state index is 0.0963. The van der Waals surface area contributed by atoms with Gasteiger partial charge >= 0.3 is 6.18 Å². The summed E-state index contributed by atoms with van der Waals surface area (Å²) in [5.74, 6) is -0.458. The van der Waals surface area contributed by atoms with Crippen LogP contribution in [-0.4, -0.2) is 47.4 Å². The number of hydrogen-bond acceptors (Lipinski definition) is 3. The monoisotopic (exact) mass is 586 g/mol. The van der Waals surface area contributed by atoms with Crippen LogP contribution in [0, 0.1) is 0 Å². The van der Waals surface area contributed by atoms with Crippen LogP contribution >= 0.6 is 0 Å². The first-order chi connectivity index (χ1) is 20.7. The molecular weight excluding hydrogens is 553 g/mol. The van der Waals surface area contributed by atoms with Gasteiger partial charge in [-0.25, -0.2) is 0 Å². The number of anilines is 1. The number of alkyl halides is 3. The maximum absolute atomic E-state index is 13.3. The summed E-state index contributed by atoms with van der Waals surface area (Å²) in [5.41, 5.74) is 5.81. The van der Waals surface area contributed by atoms with Crippen LogP contribution in [-0.2, 0) is 19.1 Å². The number of piperidine rings is 1. The summed E-state index contributed by atoms with van der Waals surface area (Å²) in [5, 5.41) is 4.17. The summed E-state index contributed by atoms with van der Waals surface area (Å²) in [7, 11) is 0. The number of rotatable bonds is 5. The lowest BCUT2D eigenvalue weighted by atomic mass is 10.0. The standard InChI is InChI=1S/C34H33F3N4O2/c1-2-3-22-4-11-27(12-5-22)41-19-16-31-29(21-41)28-20-24(8-13-30(28)39-31)32(42)38-26-14-17-40(18-15-26)33(43)23-6-9-25(10-7-23)34(35,36)37/h2-13,20,26,39H,14-19,21H2,1H3,(H,38,42)/b3-2+. The molecule has 1 saturated heterocycles. The van der Waals surface area contributed by atoms with Crippen molar-refractivity contribution in [3.05, 3.63) is 106 Å². The van der Waals surface area contributed by atoms with Crippen LogP contribution in [0.3, 0.4) is 0 Å². The number of halogens is 3. The van der Waals surface area contributed by atoms with Crippen molar-refractivity contribution in [2.75, 3.05) is 24.5 Å². The number of nitrogens with zero attached hydrogens (tertiary/aromatic N) is 2. The molecule has 0 saturated carbocycles. The molecule has 3 aromatic carbocycles. The predicted octanol–water partition coefficient (Wildman–Crippen LogP) is 6.82. The Morgan fingerprint density at radius 1 is 0.930 bits per heavy atom. The summed E-state index contributed by atoms with van der Waals surface area (Å²) in [6.45, 7) is 4.51. The number of hydrogen-bond donors (Lipinski definition) is 2. The van der Waals surface area contributed by atoms with Crippen molar-refractivity contribution in [3.63, 3.8) is 0 Å². The van der Waals surface area contributed by atoms with Crippen molar-refractivity contribution in [2.45, 2.75) is 44.9 Å². The lowest BCUT2D eigenvalue weighted by Gasteiger charge is -2.32. The Hall–Kier alpha value is -4.53. The first kappa shape index (κ1) is 28.6. The molecule has 0 radical (unpaired) electrons. The number of nitrogens with one attached hydrogen (secondary N) is 2. The first-order valence-corrected chi connectivity index (χ1v) is 14.6. The molecule has 0 atom stereocenters. The van der Waals surface area contributed by atoms with E-state index in [0.717, 1.165) is 42.5 Å². The van der Waals surface area contributed by atoms with Gasteiger partial charge in [0.25, 0.3) is 11.8 Å². The van der Waals surface area contributed by atoms with Crippen molar-refractivity contribution < 1.29 is 22.8 Å². The molecule has 9 heteroatoms. The van der Waals surface area contributed by atoms with Crippen LogP contribution in [0.2, 0.25) is 0 Å². The number of carbonyl (C=O) groups is 2. The van der Waals surface area contributed by atoms with Gasteiger partial charge in [-0.3, -0.25) is 9.59 Å². The van der Waals surface area contributed by atoms with Gasteiger partial charge in [0, 0.05) is 77.6 Å². The largest absolute Gasteiger partial charge is 0.416 e. The second-order valence-electron chi connectivity index (χ2n) is 11.2. The zero-order chi connectivity index (χ0) is 30.1. The molecule has 4 aromatic rings. The molecule has 3 heterocycles. The second-order valence-corrected chi connectivity index (χ2v) is 11.2. The number of aromatic amines is 1. The quantitative estimate of drug-likeness (QED) is 0.270. The highest BCUT2D eigenvalue weighted by molar-refractivity contribution is 5.99. The lowest BCUT2D eigenvalue weighted by molar-refractivity contribution is -0.137.